The minimum absolute atomic E-state index is 0.257. The van der Waals surface area contributed by atoms with Gasteiger partial charge in [-0.05, 0) is 64.2 Å². The molecular weight excluding hydrogens is 1030 g/mol. The summed E-state index contributed by atoms with van der Waals surface area (Å²) < 4.78 is 11.2. The summed E-state index contributed by atoms with van der Waals surface area (Å²) in [6, 6.07) is -1.18. The third kappa shape index (κ3) is 46.8. The van der Waals surface area contributed by atoms with E-state index < -0.39 is 74.2 Å². The van der Waals surface area contributed by atoms with E-state index in [4.69, 9.17) is 9.47 Å². The van der Waals surface area contributed by atoms with Gasteiger partial charge in [0.15, 0.2) is 6.29 Å². The van der Waals surface area contributed by atoms with Crippen molar-refractivity contribution in [3.05, 3.63) is 24.3 Å². The number of rotatable bonds is 63. The maximum atomic E-state index is 13.2. The molecule has 1 rings (SSSR count). The molecule has 0 aromatic carbocycles. The van der Waals surface area contributed by atoms with E-state index in [-0.39, 0.29) is 12.8 Å². The molecule has 9 atom stereocenters. The second-order valence-corrected chi connectivity index (χ2v) is 25.3. The van der Waals surface area contributed by atoms with Crippen molar-refractivity contribution in [1.29, 1.82) is 0 Å². The van der Waals surface area contributed by atoms with Crippen molar-refractivity contribution < 1.29 is 50.0 Å². The largest absolute Gasteiger partial charge is 0.394 e. The summed E-state index contributed by atoms with van der Waals surface area (Å²) in [5.74, 6) is -0.700. The van der Waals surface area contributed by atoms with E-state index in [2.05, 4.69) is 43.5 Å². The lowest BCUT2D eigenvalue weighted by molar-refractivity contribution is -0.303. The van der Waals surface area contributed by atoms with Crippen LogP contribution in [0.25, 0.3) is 0 Å². The number of aliphatic hydroxyl groups is 7. The van der Waals surface area contributed by atoms with E-state index in [1.54, 1.807) is 0 Å². The Balaban J connectivity index is 2.17. The minimum atomic E-state index is -1.67. The van der Waals surface area contributed by atoms with Crippen LogP contribution in [-0.4, -0.2) is 110 Å². The van der Waals surface area contributed by atoms with Gasteiger partial charge in [0, 0.05) is 0 Å². The Labute approximate surface area is 505 Å². The van der Waals surface area contributed by atoms with Gasteiger partial charge in [0.2, 0.25) is 5.91 Å². The summed E-state index contributed by atoms with van der Waals surface area (Å²) in [6.45, 7) is 3.50. The molecule has 9 unspecified atom stereocenters. The Hall–Kier alpha value is -1.41. The highest BCUT2D eigenvalue weighted by atomic mass is 16.7. The highest BCUT2D eigenvalue weighted by molar-refractivity contribution is 5.80. The van der Waals surface area contributed by atoms with Crippen LogP contribution in [0, 0.1) is 0 Å². The molecule has 0 aliphatic carbocycles. The smallest absolute Gasteiger partial charge is 0.249 e. The number of carbonyl (C=O) groups is 1. The van der Waals surface area contributed by atoms with E-state index in [1.165, 1.54) is 276 Å². The number of amides is 1. The van der Waals surface area contributed by atoms with Gasteiger partial charge in [-0.2, -0.15) is 0 Å². The number of allylic oxidation sites excluding steroid dienone is 4. The summed E-state index contributed by atoms with van der Waals surface area (Å²) in [6.07, 6.45) is 64.2. The van der Waals surface area contributed by atoms with Crippen LogP contribution < -0.4 is 5.32 Å². The Bertz CT molecular complexity index is 1380. The fourth-order valence-electron chi connectivity index (χ4n) is 11.7. The first kappa shape index (κ1) is 78.6. The summed E-state index contributed by atoms with van der Waals surface area (Å²) in [7, 11) is 0. The van der Waals surface area contributed by atoms with Crippen LogP contribution >= 0.6 is 0 Å². The molecule has 1 heterocycles. The van der Waals surface area contributed by atoms with Crippen molar-refractivity contribution in [2.24, 2.45) is 0 Å². The number of aliphatic hydroxyl groups excluding tert-OH is 7. The van der Waals surface area contributed by atoms with Crippen LogP contribution in [-0.2, 0) is 14.3 Å². The van der Waals surface area contributed by atoms with Gasteiger partial charge in [0.25, 0.3) is 0 Å². The zero-order valence-corrected chi connectivity index (χ0v) is 53.8. The van der Waals surface area contributed by atoms with Gasteiger partial charge < -0.3 is 50.5 Å². The molecule has 0 spiro atoms. The lowest BCUT2D eigenvalue weighted by atomic mass is 9.98. The van der Waals surface area contributed by atoms with Gasteiger partial charge in [0.05, 0.1) is 25.4 Å². The molecule has 11 heteroatoms. The molecule has 0 bridgehead atoms. The highest BCUT2D eigenvalue weighted by Crippen LogP contribution is 2.24. The normalized spacial score (nSPS) is 19.2. The SMILES string of the molecule is CCCCCCCCCCCCCCCC/C=C\CCCCCCCCCCCCCCCCCCC(O)C(=O)NC(COC1OC(CO)C(O)C(O)C1O)C(O)C(O)CCC/C=C/CCCCCCCCCCCCCCCCCC. The second kappa shape index (κ2) is 59.9. The first-order chi connectivity index (χ1) is 40.2. The third-order valence-electron chi connectivity index (χ3n) is 17.5. The zero-order chi connectivity index (χ0) is 59.6. The maximum absolute atomic E-state index is 13.2. The number of nitrogens with one attached hydrogen (secondary N) is 1. The monoisotopic (exact) mass is 1160 g/mol. The predicted molar refractivity (Wildman–Crippen MR) is 344 cm³/mol. The van der Waals surface area contributed by atoms with Gasteiger partial charge in [0.1, 0.15) is 36.6 Å². The van der Waals surface area contributed by atoms with Gasteiger partial charge in [-0.25, -0.2) is 0 Å². The zero-order valence-electron chi connectivity index (χ0n) is 53.8. The topological polar surface area (TPSA) is 189 Å². The third-order valence-corrected chi connectivity index (χ3v) is 17.5. The quantitative estimate of drug-likeness (QED) is 0.0215. The van der Waals surface area contributed by atoms with Crippen molar-refractivity contribution >= 4 is 5.91 Å². The van der Waals surface area contributed by atoms with Crippen molar-refractivity contribution in [3.8, 4) is 0 Å². The Morgan fingerprint density at radius 2 is 0.720 bits per heavy atom. The maximum Gasteiger partial charge on any atom is 0.249 e. The number of hydrogen-bond acceptors (Lipinski definition) is 10. The van der Waals surface area contributed by atoms with E-state index in [9.17, 15) is 40.5 Å². The van der Waals surface area contributed by atoms with Gasteiger partial charge >= 0.3 is 0 Å². The van der Waals surface area contributed by atoms with Crippen LogP contribution in [0.5, 0.6) is 0 Å². The molecule has 8 N–H and O–H groups in total. The van der Waals surface area contributed by atoms with Crippen LogP contribution in [0.1, 0.15) is 354 Å². The lowest BCUT2D eigenvalue weighted by Gasteiger charge is -2.40. The number of hydrogen-bond donors (Lipinski definition) is 8. The lowest BCUT2D eigenvalue weighted by Crippen LogP contribution is -2.60. The summed E-state index contributed by atoms with van der Waals surface area (Å²) in [5.41, 5.74) is 0. The van der Waals surface area contributed by atoms with E-state index in [0.717, 1.165) is 38.5 Å². The summed E-state index contributed by atoms with van der Waals surface area (Å²) in [5, 5.41) is 76.5. The molecule has 82 heavy (non-hydrogen) atoms. The first-order valence-corrected chi connectivity index (χ1v) is 35.7. The number of ether oxygens (including phenoxy) is 2. The molecule has 486 valence electrons. The Morgan fingerprint density at radius 3 is 1.05 bits per heavy atom. The number of carbonyl (C=O) groups excluding carboxylic acids is 1. The molecule has 1 fully saturated rings. The molecule has 1 aliphatic rings. The summed E-state index contributed by atoms with van der Waals surface area (Å²) in [4.78, 5) is 13.2. The van der Waals surface area contributed by atoms with Crippen molar-refractivity contribution in [2.75, 3.05) is 13.2 Å². The highest BCUT2D eigenvalue weighted by Gasteiger charge is 2.44. The Kier molecular flexibility index (Phi) is 57.4. The van der Waals surface area contributed by atoms with E-state index in [1.807, 2.05) is 0 Å². The first-order valence-electron chi connectivity index (χ1n) is 35.7. The molecule has 11 nitrogen and oxygen atoms in total. The molecule has 1 saturated heterocycles. The molecule has 0 aromatic rings. The molecule has 0 aromatic heterocycles. The van der Waals surface area contributed by atoms with Gasteiger partial charge in [-0.1, -0.05) is 314 Å². The fraction of sp³-hybridized carbons (Fsp3) is 0.930. The van der Waals surface area contributed by atoms with Crippen molar-refractivity contribution in [1.82, 2.24) is 5.32 Å². The minimum Gasteiger partial charge on any atom is -0.394 e. The molecule has 1 amide bonds. The van der Waals surface area contributed by atoms with Gasteiger partial charge in [-0.3, -0.25) is 4.79 Å². The van der Waals surface area contributed by atoms with E-state index in [0.29, 0.717) is 12.8 Å². The molecule has 1 aliphatic heterocycles. The van der Waals surface area contributed by atoms with Crippen molar-refractivity contribution in [2.45, 2.75) is 409 Å². The van der Waals surface area contributed by atoms with Crippen LogP contribution in [0.4, 0.5) is 0 Å². The number of unbranched alkanes of at least 4 members (excludes halogenated alkanes) is 47. The van der Waals surface area contributed by atoms with Gasteiger partial charge in [-0.15, -0.1) is 0 Å². The van der Waals surface area contributed by atoms with Crippen LogP contribution in [0.3, 0.4) is 0 Å². The van der Waals surface area contributed by atoms with Crippen LogP contribution in [0.2, 0.25) is 0 Å². The average molecular weight is 1160 g/mol. The molecular formula is C71H137NO10. The fourth-order valence-corrected chi connectivity index (χ4v) is 11.7. The standard InChI is InChI=1S/C71H137NO10/c1-3-5-7-9-11-13-15-17-19-21-23-25-26-27-28-29-30-31-32-33-34-35-36-37-39-41-43-45-47-49-51-53-55-57-59-64(75)70(80)72-62(61-81-71-69(79)68(78)67(77)65(60-73)82-71)66(76)63(74)58-56-54-52-50-48-46-44-42-40-38-24-22-20-18-16-14-12-10-8-6-4-2/h29-30,50,52,62-69,71,73-79H,3-28,31-49,51,53-61H2,1-2H3,(H,72,80)/b30-29-,52-50+. The Morgan fingerprint density at radius 1 is 0.415 bits per heavy atom. The average Bonchev–Trinajstić information content (AvgIpc) is 3.48. The predicted octanol–water partition coefficient (Wildman–Crippen LogP) is 17.2. The molecule has 0 saturated carbocycles. The second-order valence-electron chi connectivity index (χ2n) is 25.3. The van der Waals surface area contributed by atoms with Crippen molar-refractivity contribution in [3.63, 3.8) is 0 Å². The van der Waals surface area contributed by atoms with E-state index >= 15 is 0 Å². The summed E-state index contributed by atoms with van der Waals surface area (Å²) >= 11 is 0. The van der Waals surface area contributed by atoms with Crippen LogP contribution in [0.15, 0.2) is 24.3 Å². The molecule has 0 radical (unpaired) electrons.